The van der Waals surface area contributed by atoms with Crippen LogP contribution in [0, 0.1) is 10.1 Å². The summed E-state index contributed by atoms with van der Waals surface area (Å²) in [7, 11) is 0. The van der Waals surface area contributed by atoms with Gasteiger partial charge in [0.05, 0.1) is 11.5 Å². The van der Waals surface area contributed by atoms with Crippen molar-refractivity contribution in [1.29, 1.82) is 0 Å². The average molecular weight is 357 g/mol. The van der Waals surface area contributed by atoms with Crippen LogP contribution in [0.2, 0.25) is 0 Å². The Hall–Kier alpha value is -2.00. The molecule has 2 aromatic heterocycles. The van der Waals surface area contributed by atoms with Crippen LogP contribution in [-0.2, 0) is 6.54 Å². The molecule has 0 aliphatic rings. The van der Waals surface area contributed by atoms with Gasteiger partial charge in [0, 0.05) is 14.7 Å². The monoisotopic (exact) mass is 356 g/mol. The van der Waals surface area contributed by atoms with Crippen molar-refractivity contribution in [3.63, 3.8) is 0 Å². The Morgan fingerprint density at radius 3 is 2.90 bits per heavy atom. The van der Waals surface area contributed by atoms with E-state index in [0.29, 0.717) is 0 Å². The summed E-state index contributed by atoms with van der Waals surface area (Å²) in [5.74, 6) is -0.505. The minimum atomic E-state index is -0.664. The maximum absolute atomic E-state index is 12.0. The molecule has 0 aliphatic heterocycles. The third kappa shape index (κ3) is 3.31. The summed E-state index contributed by atoms with van der Waals surface area (Å²) >= 11 is 4.78. The van der Waals surface area contributed by atoms with E-state index >= 15 is 0 Å². The van der Waals surface area contributed by atoms with E-state index in [0.717, 1.165) is 15.5 Å². The molecular formula is C11H9BrN4O3S. The van der Waals surface area contributed by atoms with E-state index in [9.17, 15) is 14.9 Å². The zero-order chi connectivity index (χ0) is 14.7. The number of amides is 1. The lowest BCUT2D eigenvalue weighted by Crippen LogP contribution is -2.23. The first-order valence-corrected chi connectivity index (χ1v) is 7.05. The number of nitro groups is 1. The number of halogens is 1. The second-order valence-electron chi connectivity index (χ2n) is 3.80. The number of hydrogen-bond donors (Lipinski definition) is 2. The minimum absolute atomic E-state index is 0.0552. The van der Waals surface area contributed by atoms with Crippen molar-refractivity contribution in [3.8, 4) is 0 Å². The molecule has 9 heteroatoms. The van der Waals surface area contributed by atoms with Crippen LogP contribution in [-0.4, -0.2) is 15.8 Å². The minimum Gasteiger partial charge on any atom is -0.384 e. The fourth-order valence-corrected chi connectivity index (χ4v) is 2.89. The van der Waals surface area contributed by atoms with Gasteiger partial charge < -0.3 is 11.1 Å². The van der Waals surface area contributed by atoms with Gasteiger partial charge in [-0.3, -0.25) is 14.9 Å². The SMILES string of the molecule is Nc1cc(C(=O)NCc2cc(Br)cs2)c([N+](=O)[O-])cn1. The van der Waals surface area contributed by atoms with Crippen molar-refractivity contribution in [3.05, 3.63) is 48.7 Å². The number of hydrogen-bond acceptors (Lipinski definition) is 6. The number of nitrogen functional groups attached to an aromatic ring is 1. The summed E-state index contributed by atoms with van der Waals surface area (Å²) in [4.78, 5) is 26.7. The van der Waals surface area contributed by atoms with Crippen molar-refractivity contribution < 1.29 is 9.72 Å². The molecule has 7 nitrogen and oxygen atoms in total. The van der Waals surface area contributed by atoms with E-state index < -0.39 is 10.8 Å². The van der Waals surface area contributed by atoms with E-state index in [-0.39, 0.29) is 23.6 Å². The number of nitrogens with two attached hydrogens (primary N) is 1. The maximum atomic E-state index is 12.0. The second-order valence-corrected chi connectivity index (χ2v) is 5.71. The predicted octanol–water partition coefficient (Wildman–Crippen LogP) is 2.33. The van der Waals surface area contributed by atoms with Crippen LogP contribution in [0.15, 0.2) is 28.2 Å². The van der Waals surface area contributed by atoms with Gasteiger partial charge in [0.2, 0.25) is 0 Å². The van der Waals surface area contributed by atoms with Crippen LogP contribution in [0.5, 0.6) is 0 Å². The molecule has 104 valence electrons. The molecule has 0 unspecified atom stereocenters. The summed E-state index contributed by atoms with van der Waals surface area (Å²) in [6.07, 6.45) is 0.978. The summed E-state index contributed by atoms with van der Waals surface area (Å²) in [5, 5.41) is 15.4. The normalized spacial score (nSPS) is 10.2. The number of nitrogens with one attached hydrogen (secondary N) is 1. The predicted molar refractivity (Wildman–Crippen MR) is 78.5 cm³/mol. The molecular weight excluding hydrogens is 348 g/mol. The first kappa shape index (κ1) is 14.4. The standard InChI is InChI=1S/C11H9BrN4O3S/c12-6-1-7(20-5-6)3-15-11(17)8-2-10(13)14-4-9(8)16(18)19/h1-2,4-5H,3H2,(H2,13,14)(H,15,17). The molecule has 2 heterocycles. The fraction of sp³-hybridized carbons (Fsp3) is 0.0909. The van der Waals surface area contributed by atoms with Crippen LogP contribution in [0.3, 0.4) is 0 Å². The molecule has 0 fully saturated rings. The Balaban J connectivity index is 2.16. The van der Waals surface area contributed by atoms with Gasteiger partial charge in [-0.15, -0.1) is 11.3 Å². The van der Waals surface area contributed by atoms with Gasteiger partial charge in [-0.1, -0.05) is 0 Å². The molecule has 20 heavy (non-hydrogen) atoms. The highest BCUT2D eigenvalue weighted by molar-refractivity contribution is 9.10. The van der Waals surface area contributed by atoms with Gasteiger partial charge in [-0.05, 0) is 28.1 Å². The lowest BCUT2D eigenvalue weighted by Gasteiger charge is -2.05. The van der Waals surface area contributed by atoms with Gasteiger partial charge in [0.15, 0.2) is 0 Å². The highest BCUT2D eigenvalue weighted by atomic mass is 79.9. The zero-order valence-corrected chi connectivity index (χ0v) is 12.4. The van der Waals surface area contributed by atoms with Crippen LogP contribution in [0.25, 0.3) is 0 Å². The Morgan fingerprint density at radius 1 is 1.55 bits per heavy atom. The van der Waals surface area contributed by atoms with Crippen LogP contribution in [0.4, 0.5) is 11.5 Å². The highest BCUT2D eigenvalue weighted by Gasteiger charge is 2.21. The van der Waals surface area contributed by atoms with E-state index in [1.54, 1.807) is 0 Å². The molecule has 2 rings (SSSR count). The van der Waals surface area contributed by atoms with Gasteiger partial charge >= 0.3 is 0 Å². The number of pyridine rings is 1. The van der Waals surface area contributed by atoms with Crippen molar-refractivity contribution in [2.45, 2.75) is 6.54 Å². The third-order valence-corrected chi connectivity index (χ3v) is 4.09. The zero-order valence-electron chi connectivity index (χ0n) is 10.00. The Morgan fingerprint density at radius 2 is 2.30 bits per heavy atom. The van der Waals surface area contributed by atoms with Crippen molar-refractivity contribution >= 4 is 44.7 Å². The Kier molecular flexibility index (Phi) is 4.30. The smallest absolute Gasteiger partial charge is 0.300 e. The highest BCUT2D eigenvalue weighted by Crippen LogP contribution is 2.21. The Bertz CT molecular complexity index is 673. The van der Waals surface area contributed by atoms with Crippen molar-refractivity contribution in [1.82, 2.24) is 10.3 Å². The molecule has 0 saturated carbocycles. The molecule has 0 radical (unpaired) electrons. The number of anilines is 1. The molecule has 0 spiro atoms. The molecule has 0 aromatic carbocycles. The lowest BCUT2D eigenvalue weighted by molar-refractivity contribution is -0.385. The van der Waals surface area contributed by atoms with Gasteiger partial charge in [-0.25, -0.2) is 4.98 Å². The summed E-state index contributed by atoms with van der Waals surface area (Å²) in [5.41, 5.74) is 4.99. The van der Waals surface area contributed by atoms with Crippen LogP contribution >= 0.6 is 27.3 Å². The number of carbonyl (C=O) groups is 1. The van der Waals surface area contributed by atoms with E-state index in [1.807, 2.05) is 11.4 Å². The summed E-state index contributed by atoms with van der Waals surface area (Å²) in [6, 6.07) is 3.05. The number of thiophene rings is 1. The number of aromatic nitrogens is 1. The molecule has 2 aromatic rings. The third-order valence-electron chi connectivity index (χ3n) is 2.39. The van der Waals surface area contributed by atoms with E-state index in [1.165, 1.54) is 17.4 Å². The van der Waals surface area contributed by atoms with E-state index in [2.05, 4.69) is 26.2 Å². The number of nitrogens with zero attached hydrogens (tertiary/aromatic N) is 2. The quantitative estimate of drug-likeness (QED) is 0.644. The van der Waals surface area contributed by atoms with Gasteiger partial charge in [-0.2, -0.15) is 0 Å². The summed E-state index contributed by atoms with van der Waals surface area (Å²) < 4.78 is 0.922. The molecule has 0 bridgehead atoms. The first-order valence-electron chi connectivity index (χ1n) is 5.38. The summed E-state index contributed by atoms with van der Waals surface area (Å²) in [6.45, 7) is 0.286. The fourth-order valence-electron chi connectivity index (χ4n) is 1.50. The lowest BCUT2D eigenvalue weighted by atomic mass is 10.2. The van der Waals surface area contributed by atoms with E-state index in [4.69, 9.17) is 5.73 Å². The van der Waals surface area contributed by atoms with Gasteiger partial charge in [0.1, 0.15) is 17.6 Å². The van der Waals surface area contributed by atoms with Crippen LogP contribution in [0.1, 0.15) is 15.2 Å². The number of carbonyl (C=O) groups excluding carboxylic acids is 1. The molecule has 0 aliphatic carbocycles. The molecule has 0 saturated heterocycles. The topological polar surface area (TPSA) is 111 Å². The first-order chi connectivity index (χ1) is 9.47. The molecule has 1 amide bonds. The Labute approximate surface area is 126 Å². The molecule has 0 atom stereocenters. The maximum Gasteiger partial charge on any atom is 0.300 e. The van der Waals surface area contributed by atoms with Crippen molar-refractivity contribution in [2.75, 3.05) is 5.73 Å². The van der Waals surface area contributed by atoms with Gasteiger partial charge in [0.25, 0.3) is 11.6 Å². The number of rotatable bonds is 4. The largest absolute Gasteiger partial charge is 0.384 e. The second kappa shape index (κ2) is 5.97. The van der Waals surface area contributed by atoms with Crippen molar-refractivity contribution in [2.24, 2.45) is 0 Å². The van der Waals surface area contributed by atoms with Crippen LogP contribution < -0.4 is 11.1 Å². The average Bonchev–Trinajstić information content (AvgIpc) is 2.81. The molecule has 3 N–H and O–H groups in total.